The zero-order valence-corrected chi connectivity index (χ0v) is 9.67. The summed E-state index contributed by atoms with van der Waals surface area (Å²) in [6.07, 6.45) is 1.00. The van der Waals surface area contributed by atoms with Gasteiger partial charge in [-0.15, -0.1) is 0 Å². The summed E-state index contributed by atoms with van der Waals surface area (Å²) in [6, 6.07) is 6.58. The van der Waals surface area contributed by atoms with Gasteiger partial charge in [0, 0.05) is 6.26 Å². The van der Waals surface area contributed by atoms with Crippen LogP contribution >= 0.6 is 0 Å². The van der Waals surface area contributed by atoms with E-state index >= 15 is 0 Å². The SMILES string of the molecule is Cc1oc2ccccc2c(=O)c1S(C)(=O)=O. The standard InChI is InChI=1S/C11H10O4S/c1-7-11(16(2,13)14)10(12)8-5-3-4-6-9(8)15-7/h3-6H,1-2H3. The molecule has 1 heterocycles. The smallest absolute Gasteiger partial charge is 0.211 e. The molecule has 0 aliphatic carbocycles. The molecule has 1 aromatic heterocycles. The van der Waals surface area contributed by atoms with Crippen LogP contribution in [-0.4, -0.2) is 14.7 Å². The first-order valence-corrected chi connectivity index (χ1v) is 6.53. The third-order valence-electron chi connectivity index (χ3n) is 2.29. The Bertz CT molecular complexity index is 710. The Morgan fingerprint density at radius 2 is 1.81 bits per heavy atom. The van der Waals surface area contributed by atoms with Crippen molar-refractivity contribution in [2.75, 3.05) is 6.26 Å². The van der Waals surface area contributed by atoms with Crippen molar-refractivity contribution in [2.24, 2.45) is 0 Å². The largest absolute Gasteiger partial charge is 0.460 e. The number of fused-ring (bicyclic) bond motifs is 1. The Labute approximate surface area is 92.4 Å². The fourth-order valence-electron chi connectivity index (χ4n) is 1.67. The van der Waals surface area contributed by atoms with Gasteiger partial charge in [0.25, 0.3) is 0 Å². The molecule has 0 N–H and O–H groups in total. The maximum Gasteiger partial charge on any atom is 0.211 e. The van der Waals surface area contributed by atoms with Crippen molar-refractivity contribution in [2.45, 2.75) is 11.8 Å². The number of sulfone groups is 1. The minimum absolute atomic E-state index is 0.131. The highest BCUT2D eigenvalue weighted by Crippen LogP contribution is 2.17. The minimum Gasteiger partial charge on any atom is -0.460 e. The van der Waals surface area contributed by atoms with Gasteiger partial charge in [0.15, 0.2) is 14.7 Å². The van der Waals surface area contributed by atoms with E-state index in [1.807, 2.05) is 0 Å². The van der Waals surface area contributed by atoms with Crippen molar-refractivity contribution in [1.29, 1.82) is 0 Å². The van der Waals surface area contributed by atoms with E-state index in [0.717, 1.165) is 6.26 Å². The number of benzene rings is 1. The number of hydrogen-bond donors (Lipinski definition) is 0. The molecule has 2 rings (SSSR count). The molecule has 84 valence electrons. The molecule has 0 unspecified atom stereocenters. The predicted octanol–water partition coefficient (Wildman–Crippen LogP) is 1.50. The highest BCUT2D eigenvalue weighted by atomic mass is 32.2. The van der Waals surface area contributed by atoms with Crippen LogP contribution in [0.4, 0.5) is 0 Å². The zero-order valence-electron chi connectivity index (χ0n) is 8.85. The molecule has 0 radical (unpaired) electrons. The van der Waals surface area contributed by atoms with E-state index in [1.54, 1.807) is 24.3 Å². The maximum atomic E-state index is 12.0. The van der Waals surface area contributed by atoms with Gasteiger partial charge in [-0.25, -0.2) is 8.42 Å². The molecule has 5 heteroatoms. The zero-order chi connectivity index (χ0) is 11.9. The normalized spacial score (nSPS) is 11.9. The summed E-state index contributed by atoms with van der Waals surface area (Å²) in [5.41, 5.74) is -0.0979. The lowest BCUT2D eigenvalue weighted by Gasteiger charge is -2.04. The van der Waals surface area contributed by atoms with Crippen LogP contribution in [0.1, 0.15) is 5.76 Å². The number of para-hydroxylation sites is 1. The van der Waals surface area contributed by atoms with Crippen molar-refractivity contribution < 1.29 is 12.8 Å². The first-order chi connectivity index (χ1) is 7.41. The Kier molecular flexibility index (Phi) is 2.35. The van der Waals surface area contributed by atoms with E-state index < -0.39 is 15.3 Å². The van der Waals surface area contributed by atoms with Gasteiger partial charge in [-0.3, -0.25) is 4.79 Å². The molecule has 4 nitrogen and oxygen atoms in total. The second-order valence-corrected chi connectivity index (χ2v) is 5.54. The van der Waals surface area contributed by atoms with E-state index in [-0.39, 0.29) is 16.0 Å². The lowest BCUT2D eigenvalue weighted by atomic mass is 10.2. The first kappa shape index (κ1) is 10.9. The maximum absolute atomic E-state index is 12.0. The second-order valence-electron chi connectivity index (χ2n) is 3.58. The molecule has 0 bridgehead atoms. The molecule has 16 heavy (non-hydrogen) atoms. The summed E-state index contributed by atoms with van der Waals surface area (Å²) in [5, 5.41) is 0.286. The van der Waals surface area contributed by atoms with Crippen LogP contribution in [-0.2, 0) is 9.84 Å². The molecule has 0 atom stereocenters. The van der Waals surface area contributed by atoms with Crippen LogP contribution < -0.4 is 5.43 Å². The number of aryl methyl sites for hydroxylation is 1. The van der Waals surface area contributed by atoms with E-state index in [2.05, 4.69) is 0 Å². The highest BCUT2D eigenvalue weighted by molar-refractivity contribution is 7.90. The van der Waals surface area contributed by atoms with Crippen molar-refractivity contribution >= 4 is 20.8 Å². The first-order valence-electron chi connectivity index (χ1n) is 4.64. The molecule has 0 fully saturated rings. The van der Waals surface area contributed by atoms with Gasteiger partial charge >= 0.3 is 0 Å². The minimum atomic E-state index is -3.56. The Balaban J connectivity index is 3.04. The highest BCUT2D eigenvalue weighted by Gasteiger charge is 2.19. The van der Waals surface area contributed by atoms with E-state index in [9.17, 15) is 13.2 Å². The Morgan fingerprint density at radius 1 is 1.19 bits per heavy atom. The molecule has 0 aliphatic heterocycles. The fourth-order valence-corrected chi connectivity index (χ4v) is 2.68. The summed E-state index contributed by atoms with van der Waals surface area (Å²) in [4.78, 5) is 11.7. The quantitative estimate of drug-likeness (QED) is 0.755. The average Bonchev–Trinajstić information content (AvgIpc) is 2.15. The summed E-state index contributed by atoms with van der Waals surface area (Å²) in [5.74, 6) is 0.131. The Hall–Kier alpha value is -1.62. The van der Waals surface area contributed by atoms with Gasteiger partial charge in [-0.1, -0.05) is 12.1 Å². The van der Waals surface area contributed by atoms with Crippen LogP contribution in [0.2, 0.25) is 0 Å². The lowest BCUT2D eigenvalue weighted by Crippen LogP contribution is -2.15. The molecule has 0 spiro atoms. The van der Waals surface area contributed by atoms with Crippen LogP contribution in [0.5, 0.6) is 0 Å². The Morgan fingerprint density at radius 3 is 2.44 bits per heavy atom. The van der Waals surface area contributed by atoms with E-state index in [1.165, 1.54) is 6.92 Å². The number of rotatable bonds is 1. The van der Waals surface area contributed by atoms with Crippen molar-refractivity contribution in [1.82, 2.24) is 0 Å². The van der Waals surface area contributed by atoms with Crippen LogP contribution in [0.25, 0.3) is 11.0 Å². The number of hydrogen-bond acceptors (Lipinski definition) is 4. The topological polar surface area (TPSA) is 64.3 Å². The van der Waals surface area contributed by atoms with Crippen molar-refractivity contribution in [3.05, 3.63) is 40.2 Å². The van der Waals surface area contributed by atoms with Gasteiger partial charge in [-0.2, -0.15) is 0 Å². The van der Waals surface area contributed by atoms with Crippen molar-refractivity contribution in [3.8, 4) is 0 Å². The average molecular weight is 238 g/mol. The van der Waals surface area contributed by atoms with E-state index in [4.69, 9.17) is 4.42 Å². The van der Waals surface area contributed by atoms with Gasteiger partial charge < -0.3 is 4.42 Å². The van der Waals surface area contributed by atoms with E-state index in [0.29, 0.717) is 5.58 Å². The van der Waals surface area contributed by atoms with Crippen LogP contribution in [0, 0.1) is 6.92 Å². The van der Waals surface area contributed by atoms with Gasteiger partial charge in [0.2, 0.25) is 5.43 Å². The summed E-state index contributed by atoms with van der Waals surface area (Å²) in [7, 11) is -3.56. The molecule has 1 aromatic carbocycles. The molecule has 0 saturated heterocycles. The van der Waals surface area contributed by atoms with Gasteiger partial charge in [0.05, 0.1) is 5.39 Å². The predicted molar refractivity (Wildman–Crippen MR) is 60.3 cm³/mol. The second kappa shape index (κ2) is 3.45. The van der Waals surface area contributed by atoms with Crippen molar-refractivity contribution in [3.63, 3.8) is 0 Å². The monoisotopic (exact) mass is 238 g/mol. The summed E-state index contributed by atoms with van der Waals surface area (Å²) in [6.45, 7) is 1.48. The molecule has 0 saturated carbocycles. The van der Waals surface area contributed by atoms with Crippen LogP contribution in [0.3, 0.4) is 0 Å². The third kappa shape index (κ3) is 1.63. The van der Waals surface area contributed by atoms with Crippen LogP contribution in [0.15, 0.2) is 38.4 Å². The fraction of sp³-hybridized carbons (Fsp3) is 0.182. The third-order valence-corrected chi connectivity index (χ3v) is 3.51. The molecule has 2 aromatic rings. The van der Waals surface area contributed by atoms with Gasteiger partial charge in [0.1, 0.15) is 11.3 Å². The summed E-state index contributed by atoms with van der Waals surface area (Å²) >= 11 is 0. The molecular weight excluding hydrogens is 228 g/mol. The summed E-state index contributed by atoms with van der Waals surface area (Å²) < 4.78 is 28.2. The molecule has 0 amide bonds. The van der Waals surface area contributed by atoms with Gasteiger partial charge in [-0.05, 0) is 19.1 Å². The molecule has 0 aliphatic rings. The lowest BCUT2D eigenvalue weighted by molar-refractivity contribution is 0.536. The molecular formula is C11H10O4S.